The first kappa shape index (κ1) is 16.8. The van der Waals surface area contributed by atoms with Gasteiger partial charge >= 0.3 is 0 Å². The zero-order chi connectivity index (χ0) is 16.9. The molecule has 0 fully saturated rings. The monoisotopic (exact) mass is 330 g/mol. The molecular weight excluding hydrogens is 312 g/mol. The molecule has 2 aromatic carbocycles. The summed E-state index contributed by atoms with van der Waals surface area (Å²) in [4.78, 5) is 11.9. The molecule has 23 heavy (non-hydrogen) atoms. The third kappa shape index (κ3) is 4.43. The van der Waals surface area contributed by atoms with Gasteiger partial charge in [0.25, 0.3) is 15.9 Å². The third-order valence-corrected chi connectivity index (χ3v) is 4.50. The lowest BCUT2D eigenvalue weighted by molar-refractivity contribution is 0.0958. The lowest BCUT2D eigenvalue weighted by Gasteiger charge is -2.09. The maximum atomic E-state index is 12.4. The van der Waals surface area contributed by atoms with Crippen molar-refractivity contribution in [2.45, 2.75) is 11.8 Å². The highest BCUT2D eigenvalue weighted by molar-refractivity contribution is 7.92. The molecule has 5 nitrogen and oxygen atoms in total. The molecule has 2 aromatic rings. The van der Waals surface area contributed by atoms with Crippen LogP contribution in [-0.4, -0.2) is 20.9 Å². The van der Waals surface area contributed by atoms with E-state index in [1.54, 1.807) is 24.3 Å². The van der Waals surface area contributed by atoms with Gasteiger partial charge in [-0.3, -0.25) is 9.52 Å². The van der Waals surface area contributed by atoms with Crippen molar-refractivity contribution in [1.82, 2.24) is 5.32 Å². The number of benzene rings is 2. The molecule has 6 heteroatoms. The summed E-state index contributed by atoms with van der Waals surface area (Å²) in [6.07, 6.45) is 1.55. The van der Waals surface area contributed by atoms with Crippen LogP contribution < -0.4 is 10.0 Å². The van der Waals surface area contributed by atoms with E-state index in [1.165, 1.54) is 18.2 Å². The second kappa shape index (κ2) is 7.11. The lowest BCUT2D eigenvalue weighted by Crippen LogP contribution is -2.23. The number of carbonyl (C=O) groups is 1. The highest BCUT2D eigenvalue weighted by atomic mass is 32.2. The summed E-state index contributed by atoms with van der Waals surface area (Å²) < 4.78 is 27.3. The van der Waals surface area contributed by atoms with Crippen molar-refractivity contribution in [2.24, 2.45) is 0 Å². The van der Waals surface area contributed by atoms with E-state index in [2.05, 4.69) is 16.6 Å². The Morgan fingerprint density at radius 2 is 1.87 bits per heavy atom. The molecule has 0 radical (unpaired) electrons. The summed E-state index contributed by atoms with van der Waals surface area (Å²) in [5.41, 5.74) is 1.78. The molecule has 0 aliphatic rings. The van der Waals surface area contributed by atoms with Crippen molar-refractivity contribution in [1.29, 1.82) is 0 Å². The molecule has 1 amide bonds. The Bertz CT molecular complexity index is 812. The van der Waals surface area contributed by atoms with Gasteiger partial charge in [-0.15, -0.1) is 6.58 Å². The number of hydrogen-bond acceptors (Lipinski definition) is 3. The van der Waals surface area contributed by atoms with Crippen LogP contribution >= 0.6 is 0 Å². The fourth-order valence-electron chi connectivity index (χ4n) is 1.91. The van der Waals surface area contributed by atoms with Crippen molar-refractivity contribution in [2.75, 3.05) is 11.3 Å². The maximum Gasteiger partial charge on any atom is 0.261 e. The van der Waals surface area contributed by atoms with Crippen LogP contribution in [0.1, 0.15) is 15.9 Å². The molecule has 0 spiro atoms. The summed E-state index contributed by atoms with van der Waals surface area (Å²) >= 11 is 0. The first-order chi connectivity index (χ1) is 10.9. The molecular formula is C17H18N2O3S. The van der Waals surface area contributed by atoms with Crippen molar-refractivity contribution >= 4 is 21.6 Å². The van der Waals surface area contributed by atoms with Crippen molar-refractivity contribution < 1.29 is 13.2 Å². The smallest absolute Gasteiger partial charge is 0.261 e. The summed E-state index contributed by atoms with van der Waals surface area (Å²) in [6, 6.07) is 12.9. The Labute approximate surface area is 136 Å². The molecule has 0 aliphatic heterocycles. The summed E-state index contributed by atoms with van der Waals surface area (Å²) in [6.45, 7) is 5.75. The van der Waals surface area contributed by atoms with E-state index in [-0.39, 0.29) is 16.4 Å². The van der Waals surface area contributed by atoms with E-state index in [0.717, 1.165) is 5.56 Å². The highest BCUT2D eigenvalue weighted by Gasteiger charge is 2.16. The molecule has 0 aliphatic carbocycles. The minimum Gasteiger partial charge on any atom is -0.349 e. The van der Waals surface area contributed by atoms with Crippen LogP contribution in [-0.2, 0) is 10.0 Å². The van der Waals surface area contributed by atoms with E-state index in [0.29, 0.717) is 12.2 Å². The van der Waals surface area contributed by atoms with Crippen LogP contribution in [0.25, 0.3) is 0 Å². The number of hydrogen-bond donors (Lipinski definition) is 2. The van der Waals surface area contributed by atoms with Crippen molar-refractivity contribution in [3.05, 3.63) is 72.3 Å². The molecule has 0 saturated heterocycles. The Hall–Kier alpha value is -2.60. The van der Waals surface area contributed by atoms with E-state index in [4.69, 9.17) is 0 Å². The predicted octanol–water partition coefficient (Wildman–Crippen LogP) is 2.71. The Kier molecular flexibility index (Phi) is 5.18. The molecule has 0 bridgehead atoms. The van der Waals surface area contributed by atoms with Crippen LogP contribution in [0.3, 0.4) is 0 Å². The van der Waals surface area contributed by atoms with Crippen molar-refractivity contribution in [3.8, 4) is 0 Å². The average Bonchev–Trinajstić information content (AvgIpc) is 2.54. The number of sulfonamides is 1. The van der Waals surface area contributed by atoms with Gasteiger partial charge in [0.1, 0.15) is 0 Å². The van der Waals surface area contributed by atoms with Gasteiger partial charge in [-0.05, 0) is 37.3 Å². The second-order valence-corrected chi connectivity index (χ2v) is 6.68. The fourth-order valence-corrected chi connectivity index (χ4v) is 3.01. The quantitative estimate of drug-likeness (QED) is 0.800. The van der Waals surface area contributed by atoms with E-state index in [1.807, 2.05) is 19.1 Å². The standard InChI is InChI=1S/C17H18N2O3S/c1-3-11-18-17(20)14-5-4-6-16(12-14)23(21,22)19-15-9-7-13(2)8-10-15/h3-10,12,19H,1,11H2,2H3,(H,18,20). The fraction of sp³-hybridized carbons (Fsp3) is 0.118. The number of nitrogens with one attached hydrogen (secondary N) is 2. The number of carbonyl (C=O) groups excluding carboxylic acids is 1. The first-order valence-electron chi connectivity index (χ1n) is 7.01. The lowest BCUT2D eigenvalue weighted by atomic mass is 10.2. The van der Waals surface area contributed by atoms with Gasteiger partial charge < -0.3 is 5.32 Å². The maximum absolute atomic E-state index is 12.4. The predicted molar refractivity (Wildman–Crippen MR) is 91.0 cm³/mol. The van der Waals surface area contributed by atoms with Crippen molar-refractivity contribution in [3.63, 3.8) is 0 Å². The van der Waals surface area contributed by atoms with Gasteiger partial charge in [0.05, 0.1) is 4.90 Å². The zero-order valence-corrected chi connectivity index (χ0v) is 13.6. The normalized spacial score (nSPS) is 10.8. The first-order valence-corrected chi connectivity index (χ1v) is 8.49. The SMILES string of the molecule is C=CCNC(=O)c1cccc(S(=O)(=O)Nc2ccc(C)cc2)c1. The van der Waals surface area contributed by atoms with Crippen LogP contribution in [0.15, 0.2) is 66.1 Å². The molecule has 120 valence electrons. The van der Waals surface area contributed by atoms with Gasteiger partial charge in [-0.2, -0.15) is 0 Å². The Balaban J connectivity index is 2.24. The summed E-state index contributed by atoms with van der Waals surface area (Å²) in [5, 5.41) is 2.61. The molecule has 2 rings (SSSR count). The van der Waals surface area contributed by atoms with Crippen LogP contribution in [0, 0.1) is 6.92 Å². The van der Waals surface area contributed by atoms with E-state index < -0.39 is 10.0 Å². The minimum atomic E-state index is -3.75. The topological polar surface area (TPSA) is 75.3 Å². The van der Waals surface area contributed by atoms with Gasteiger partial charge in [0.15, 0.2) is 0 Å². The van der Waals surface area contributed by atoms with E-state index in [9.17, 15) is 13.2 Å². The second-order valence-electron chi connectivity index (χ2n) is 5.00. The molecule has 0 saturated carbocycles. The Morgan fingerprint density at radius 3 is 2.52 bits per heavy atom. The summed E-state index contributed by atoms with van der Waals surface area (Å²) in [7, 11) is -3.75. The third-order valence-electron chi connectivity index (χ3n) is 3.12. The summed E-state index contributed by atoms with van der Waals surface area (Å²) in [5.74, 6) is -0.350. The van der Waals surface area contributed by atoms with Gasteiger partial charge in [-0.25, -0.2) is 8.42 Å². The zero-order valence-electron chi connectivity index (χ0n) is 12.7. The number of rotatable bonds is 6. The molecule has 0 aromatic heterocycles. The Morgan fingerprint density at radius 1 is 1.17 bits per heavy atom. The average molecular weight is 330 g/mol. The molecule has 0 atom stereocenters. The highest BCUT2D eigenvalue weighted by Crippen LogP contribution is 2.17. The van der Waals surface area contributed by atoms with Crippen LogP contribution in [0.4, 0.5) is 5.69 Å². The van der Waals surface area contributed by atoms with Gasteiger partial charge in [0, 0.05) is 17.8 Å². The van der Waals surface area contributed by atoms with Crippen LogP contribution in [0.5, 0.6) is 0 Å². The number of aryl methyl sites for hydroxylation is 1. The molecule has 2 N–H and O–H groups in total. The largest absolute Gasteiger partial charge is 0.349 e. The van der Waals surface area contributed by atoms with E-state index >= 15 is 0 Å². The van der Waals surface area contributed by atoms with Crippen LogP contribution in [0.2, 0.25) is 0 Å². The number of anilines is 1. The molecule has 0 unspecified atom stereocenters. The minimum absolute atomic E-state index is 0.0318. The molecule has 0 heterocycles. The number of amides is 1. The van der Waals surface area contributed by atoms with Gasteiger partial charge in [0.2, 0.25) is 0 Å². The van der Waals surface area contributed by atoms with Gasteiger partial charge in [-0.1, -0.05) is 29.8 Å².